The van der Waals surface area contributed by atoms with Gasteiger partial charge in [-0.1, -0.05) is 50.3 Å². The molecule has 2 aliphatic rings. The van der Waals surface area contributed by atoms with Gasteiger partial charge in [-0.05, 0) is 74.1 Å². The van der Waals surface area contributed by atoms with Crippen molar-refractivity contribution in [3.8, 4) is 5.75 Å². The van der Waals surface area contributed by atoms with Crippen molar-refractivity contribution in [1.29, 1.82) is 0 Å². The molecule has 0 radical (unpaired) electrons. The standard InChI is InChI=1S/C24H34O2/c1-3-4-5-6-18-7-9-19(10-8-18)21-13-16-23(24(25)17-21)20-11-14-22(26-2)15-12-20/h11-12,14-15,17-19,23H,3-10,13,16H2,1-2H3. The number of ether oxygens (including phenoxy) is 1. The summed E-state index contributed by atoms with van der Waals surface area (Å²) in [5, 5.41) is 0. The molecule has 1 aromatic carbocycles. The van der Waals surface area contributed by atoms with Gasteiger partial charge in [-0.2, -0.15) is 0 Å². The highest BCUT2D eigenvalue weighted by Crippen LogP contribution is 2.40. The first-order valence-electron chi connectivity index (χ1n) is 10.6. The Labute approximate surface area is 159 Å². The number of carbonyl (C=O) groups is 1. The molecule has 1 unspecified atom stereocenters. The van der Waals surface area contributed by atoms with Gasteiger partial charge in [0, 0.05) is 5.92 Å². The first-order valence-corrected chi connectivity index (χ1v) is 10.6. The van der Waals surface area contributed by atoms with Crippen molar-refractivity contribution >= 4 is 5.78 Å². The van der Waals surface area contributed by atoms with E-state index in [2.05, 4.69) is 6.92 Å². The van der Waals surface area contributed by atoms with E-state index >= 15 is 0 Å². The van der Waals surface area contributed by atoms with Crippen LogP contribution >= 0.6 is 0 Å². The zero-order chi connectivity index (χ0) is 18.4. The molecule has 142 valence electrons. The Hall–Kier alpha value is -1.57. The van der Waals surface area contributed by atoms with Gasteiger partial charge in [0.1, 0.15) is 5.75 Å². The van der Waals surface area contributed by atoms with Crippen LogP contribution in [0.25, 0.3) is 0 Å². The van der Waals surface area contributed by atoms with Gasteiger partial charge in [-0.25, -0.2) is 0 Å². The summed E-state index contributed by atoms with van der Waals surface area (Å²) in [7, 11) is 1.67. The second kappa shape index (κ2) is 9.39. The molecule has 0 spiro atoms. The van der Waals surface area contributed by atoms with E-state index in [0.717, 1.165) is 30.1 Å². The molecule has 2 nitrogen and oxygen atoms in total. The summed E-state index contributed by atoms with van der Waals surface area (Å²) in [6.07, 6.45) is 14.9. The first kappa shape index (κ1) is 19.2. The lowest BCUT2D eigenvalue weighted by molar-refractivity contribution is -0.116. The molecule has 1 saturated carbocycles. The van der Waals surface area contributed by atoms with E-state index in [4.69, 9.17) is 4.74 Å². The Kier molecular flexibility index (Phi) is 6.93. The molecule has 0 aromatic heterocycles. The normalized spacial score (nSPS) is 26.5. The minimum atomic E-state index is 0.0371. The molecule has 1 atom stereocenters. The first-order chi connectivity index (χ1) is 12.7. The van der Waals surface area contributed by atoms with Gasteiger partial charge in [0.25, 0.3) is 0 Å². The number of carbonyl (C=O) groups excluding carboxylic acids is 1. The van der Waals surface area contributed by atoms with Crippen LogP contribution in [0, 0.1) is 11.8 Å². The fraction of sp³-hybridized carbons (Fsp3) is 0.625. The monoisotopic (exact) mass is 354 g/mol. The van der Waals surface area contributed by atoms with E-state index in [1.54, 1.807) is 7.11 Å². The summed E-state index contributed by atoms with van der Waals surface area (Å²) in [6, 6.07) is 8.01. The molecule has 0 heterocycles. The molecular formula is C24H34O2. The number of hydrogen-bond acceptors (Lipinski definition) is 2. The van der Waals surface area contributed by atoms with Crippen LogP contribution in [0.15, 0.2) is 35.9 Å². The quantitative estimate of drug-likeness (QED) is 0.526. The lowest BCUT2D eigenvalue weighted by Gasteiger charge is -2.32. The van der Waals surface area contributed by atoms with Crippen LogP contribution in [0.4, 0.5) is 0 Å². The Morgan fingerprint density at radius 2 is 1.73 bits per heavy atom. The number of allylic oxidation sites excluding steroid dienone is 2. The maximum absolute atomic E-state index is 12.7. The third-order valence-electron chi connectivity index (χ3n) is 6.50. The highest BCUT2D eigenvalue weighted by atomic mass is 16.5. The van der Waals surface area contributed by atoms with Gasteiger partial charge in [0.2, 0.25) is 0 Å². The molecule has 0 N–H and O–H groups in total. The summed E-state index contributed by atoms with van der Waals surface area (Å²) in [5.74, 6) is 2.79. The summed E-state index contributed by atoms with van der Waals surface area (Å²) in [6.45, 7) is 2.28. The van der Waals surface area contributed by atoms with Crippen molar-refractivity contribution in [3.63, 3.8) is 0 Å². The summed E-state index contributed by atoms with van der Waals surface area (Å²) >= 11 is 0. The zero-order valence-electron chi connectivity index (χ0n) is 16.5. The predicted molar refractivity (Wildman–Crippen MR) is 108 cm³/mol. The zero-order valence-corrected chi connectivity index (χ0v) is 16.5. The largest absolute Gasteiger partial charge is 0.497 e. The van der Waals surface area contributed by atoms with Crippen LogP contribution in [0.5, 0.6) is 5.75 Å². The number of rotatable bonds is 7. The molecule has 1 aromatic rings. The Bertz CT molecular complexity index is 606. The molecule has 1 fully saturated rings. The molecule has 3 rings (SSSR count). The number of ketones is 1. The van der Waals surface area contributed by atoms with E-state index in [-0.39, 0.29) is 5.92 Å². The number of hydrogen-bond donors (Lipinski definition) is 0. The van der Waals surface area contributed by atoms with Gasteiger partial charge in [-0.3, -0.25) is 4.79 Å². The summed E-state index contributed by atoms with van der Waals surface area (Å²) in [4.78, 5) is 12.7. The van der Waals surface area contributed by atoms with Crippen molar-refractivity contribution in [3.05, 3.63) is 41.5 Å². The lowest BCUT2D eigenvalue weighted by atomic mass is 9.72. The fourth-order valence-corrected chi connectivity index (χ4v) is 4.80. The third-order valence-corrected chi connectivity index (χ3v) is 6.50. The topological polar surface area (TPSA) is 26.3 Å². The molecule has 2 heteroatoms. The average Bonchev–Trinajstić information content (AvgIpc) is 2.69. The van der Waals surface area contributed by atoms with Crippen LogP contribution in [0.1, 0.15) is 82.6 Å². The van der Waals surface area contributed by atoms with Crippen LogP contribution in [0.3, 0.4) is 0 Å². The molecule has 0 aliphatic heterocycles. The summed E-state index contributed by atoms with van der Waals surface area (Å²) in [5.41, 5.74) is 2.57. The molecule has 0 saturated heterocycles. The minimum absolute atomic E-state index is 0.0371. The van der Waals surface area contributed by atoms with Gasteiger partial charge < -0.3 is 4.74 Å². The molecule has 2 aliphatic carbocycles. The van der Waals surface area contributed by atoms with E-state index in [1.807, 2.05) is 30.3 Å². The van der Waals surface area contributed by atoms with Gasteiger partial charge in [-0.15, -0.1) is 0 Å². The van der Waals surface area contributed by atoms with Crippen LogP contribution in [-0.2, 0) is 4.79 Å². The second-order valence-corrected chi connectivity index (χ2v) is 8.20. The second-order valence-electron chi connectivity index (χ2n) is 8.20. The van der Waals surface area contributed by atoms with Crippen LogP contribution in [-0.4, -0.2) is 12.9 Å². The van der Waals surface area contributed by atoms with E-state index < -0.39 is 0 Å². The van der Waals surface area contributed by atoms with Crippen molar-refractivity contribution in [1.82, 2.24) is 0 Å². The van der Waals surface area contributed by atoms with Crippen molar-refractivity contribution in [2.45, 2.75) is 77.0 Å². The fourth-order valence-electron chi connectivity index (χ4n) is 4.80. The molecule has 0 amide bonds. The van der Waals surface area contributed by atoms with Crippen LogP contribution in [0.2, 0.25) is 0 Å². The third kappa shape index (κ3) is 4.78. The Morgan fingerprint density at radius 1 is 1.00 bits per heavy atom. The summed E-state index contributed by atoms with van der Waals surface area (Å²) < 4.78 is 5.22. The highest BCUT2D eigenvalue weighted by molar-refractivity contribution is 5.97. The number of methoxy groups -OCH3 is 1. The molecule has 26 heavy (non-hydrogen) atoms. The number of benzene rings is 1. The van der Waals surface area contributed by atoms with E-state index in [0.29, 0.717) is 11.7 Å². The van der Waals surface area contributed by atoms with Gasteiger partial charge in [0.05, 0.1) is 7.11 Å². The van der Waals surface area contributed by atoms with E-state index in [1.165, 1.54) is 56.9 Å². The average molecular weight is 355 g/mol. The predicted octanol–water partition coefficient (Wildman–Crippen LogP) is 6.45. The SMILES string of the molecule is CCCCCC1CCC(C2=CC(=O)C(c3ccc(OC)cc3)CC2)CC1. The highest BCUT2D eigenvalue weighted by Gasteiger charge is 2.29. The Morgan fingerprint density at radius 3 is 2.35 bits per heavy atom. The maximum atomic E-state index is 12.7. The number of unbranched alkanes of at least 4 members (excludes halogenated alkanes) is 2. The smallest absolute Gasteiger partial charge is 0.163 e. The van der Waals surface area contributed by atoms with Crippen molar-refractivity contribution in [2.24, 2.45) is 11.8 Å². The minimum Gasteiger partial charge on any atom is -0.497 e. The van der Waals surface area contributed by atoms with E-state index in [9.17, 15) is 4.79 Å². The lowest BCUT2D eigenvalue weighted by Crippen LogP contribution is -2.22. The molecule has 0 bridgehead atoms. The van der Waals surface area contributed by atoms with Gasteiger partial charge in [0.15, 0.2) is 5.78 Å². The van der Waals surface area contributed by atoms with Crippen LogP contribution < -0.4 is 4.74 Å². The van der Waals surface area contributed by atoms with Crippen molar-refractivity contribution in [2.75, 3.05) is 7.11 Å². The molecular weight excluding hydrogens is 320 g/mol. The maximum Gasteiger partial charge on any atom is 0.163 e. The van der Waals surface area contributed by atoms with Gasteiger partial charge >= 0.3 is 0 Å². The Balaban J connectivity index is 1.54. The van der Waals surface area contributed by atoms with Crippen molar-refractivity contribution < 1.29 is 9.53 Å².